The summed E-state index contributed by atoms with van der Waals surface area (Å²) < 4.78 is 0. The summed E-state index contributed by atoms with van der Waals surface area (Å²) in [5.74, 6) is 0.845. The van der Waals surface area contributed by atoms with Gasteiger partial charge in [0.25, 0.3) is 0 Å². The molecule has 169 valence electrons. The first kappa shape index (κ1) is 28.0. The van der Waals surface area contributed by atoms with Gasteiger partial charge in [-0.15, -0.1) is 0 Å². The van der Waals surface area contributed by atoms with E-state index in [0.717, 1.165) is 5.92 Å². The molecule has 0 saturated heterocycles. The molecular weight excluding hydrogens is 336 g/mol. The molecule has 0 aliphatic rings. The molecule has 1 unspecified atom stereocenters. The van der Waals surface area contributed by atoms with Crippen LogP contribution in [0.4, 0.5) is 0 Å². The lowest BCUT2D eigenvalue weighted by Gasteiger charge is -2.10. The monoisotopic (exact) mass is 393 g/mol. The maximum atomic E-state index is 2.61. The Kier molecular flexibility index (Phi) is 25.0. The summed E-state index contributed by atoms with van der Waals surface area (Å²) >= 11 is 0. The Labute approximate surface area is 181 Å². The Balaban J connectivity index is 3.11. The Hall–Kier alpha value is 0. The van der Waals surface area contributed by atoms with Gasteiger partial charge in [0, 0.05) is 0 Å². The molecule has 0 aromatic heterocycles. The Morgan fingerprint density at radius 3 is 1.14 bits per heavy atom. The first-order valence-electron chi connectivity index (χ1n) is 13.6. The van der Waals surface area contributed by atoms with Crippen LogP contribution in [0.5, 0.6) is 0 Å². The largest absolute Gasteiger partial charge is 0.0654 e. The van der Waals surface area contributed by atoms with Crippen molar-refractivity contribution in [2.75, 3.05) is 0 Å². The third kappa shape index (κ3) is 24.0. The van der Waals surface area contributed by atoms with Crippen LogP contribution in [0.25, 0.3) is 0 Å². The highest BCUT2D eigenvalue weighted by Crippen LogP contribution is 2.18. The first-order chi connectivity index (χ1) is 13.8. The zero-order chi connectivity index (χ0) is 20.5. The maximum Gasteiger partial charge on any atom is -0.0358 e. The molecule has 0 rings (SSSR count). The molecule has 0 aliphatic carbocycles. The summed E-state index contributed by atoms with van der Waals surface area (Å²) in [6, 6.07) is 0. The molecule has 0 N–H and O–H groups in total. The van der Waals surface area contributed by atoms with Crippen LogP contribution >= 0.6 is 0 Å². The number of unbranched alkanes of at least 4 members (excludes halogenated alkanes) is 20. The Morgan fingerprint density at radius 1 is 0.429 bits per heavy atom. The van der Waals surface area contributed by atoms with Crippen molar-refractivity contribution in [2.45, 2.75) is 168 Å². The van der Waals surface area contributed by atoms with Crippen LogP contribution in [0.15, 0.2) is 0 Å². The standard InChI is InChI=1S/C28H57/c1-4-6-8-10-12-14-15-16-17-18-19-21-23-25-27-28(3)26-24-22-20-13-11-9-7-5-2/h27-28H,4-26H2,1-3H3. The zero-order valence-electron chi connectivity index (χ0n) is 20.4. The van der Waals surface area contributed by atoms with Crippen LogP contribution < -0.4 is 0 Å². The molecule has 1 radical (unpaired) electrons. The van der Waals surface area contributed by atoms with E-state index in [4.69, 9.17) is 0 Å². The lowest BCUT2D eigenvalue weighted by molar-refractivity contribution is 0.498. The highest BCUT2D eigenvalue weighted by molar-refractivity contribution is 4.72. The molecule has 0 heterocycles. The van der Waals surface area contributed by atoms with Crippen molar-refractivity contribution in [3.63, 3.8) is 0 Å². The lowest BCUT2D eigenvalue weighted by atomic mass is 9.95. The lowest BCUT2D eigenvalue weighted by Crippen LogP contribution is -1.96. The summed E-state index contributed by atoms with van der Waals surface area (Å²) in [6.07, 6.45) is 36.0. The number of hydrogen-bond donors (Lipinski definition) is 0. The van der Waals surface area contributed by atoms with Gasteiger partial charge in [0.15, 0.2) is 0 Å². The second-order valence-corrected chi connectivity index (χ2v) is 9.51. The average molecular weight is 394 g/mol. The van der Waals surface area contributed by atoms with Crippen molar-refractivity contribution in [1.29, 1.82) is 0 Å². The fraction of sp³-hybridized carbons (Fsp3) is 0.964. The van der Waals surface area contributed by atoms with Crippen LogP contribution in [-0.2, 0) is 0 Å². The van der Waals surface area contributed by atoms with E-state index < -0.39 is 0 Å². The summed E-state index contributed by atoms with van der Waals surface area (Å²) in [6.45, 7) is 7.04. The second kappa shape index (κ2) is 25.0. The van der Waals surface area contributed by atoms with E-state index in [-0.39, 0.29) is 0 Å². The van der Waals surface area contributed by atoms with Crippen molar-refractivity contribution in [2.24, 2.45) is 5.92 Å². The molecule has 0 spiro atoms. The predicted octanol–water partition coefficient (Wildman–Crippen LogP) is 10.8. The molecule has 0 aromatic rings. The maximum absolute atomic E-state index is 2.61. The van der Waals surface area contributed by atoms with Gasteiger partial charge in [0.1, 0.15) is 0 Å². The molecule has 1 atom stereocenters. The van der Waals surface area contributed by atoms with Crippen LogP contribution in [0, 0.1) is 12.3 Å². The summed E-state index contributed by atoms with van der Waals surface area (Å²) in [5, 5.41) is 0. The van der Waals surface area contributed by atoms with Gasteiger partial charge in [-0.1, -0.05) is 162 Å². The minimum atomic E-state index is 0.845. The first-order valence-corrected chi connectivity index (χ1v) is 13.6. The highest BCUT2D eigenvalue weighted by Gasteiger charge is 2.02. The molecule has 0 bridgehead atoms. The van der Waals surface area contributed by atoms with E-state index in [2.05, 4.69) is 27.2 Å². The quantitative estimate of drug-likeness (QED) is 0.143. The Bertz CT molecular complexity index is 257. The van der Waals surface area contributed by atoms with Gasteiger partial charge < -0.3 is 0 Å². The van der Waals surface area contributed by atoms with Crippen molar-refractivity contribution in [3.8, 4) is 0 Å². The minimum Gasteiger partial charge on any atom is -0.0654 e. The van der Waals surface area contributed by atoms with Gasteiger partial charge in [-0.25, -0.2) is 0 Å². The van der Waals surface area contributed by atoms with E-state index in [0.29, 0.717) is 0 Å². The van der Waals surface area contributed by atoms with Crippen molar-refractivity contribution in [3.05, 3.63) is 6.42 Å². The van der Waals surface area contributed by atoms with Gasteiger partial charge in [-0.05, 0) is 18.8 Å². The molecule has 0 amide bonds. The van der Waals surface area contributed by atoms with Gasteiger partial charge >= 0.3 is 0 Å². The molecule has 0 fully saturated rings. The third-order valence-corrected chi connectivity index (χ3v) is 6.39. The van der Waals surface area contributed by atoms with Crippen LogP contribution in [0.3, 0.4) is 0 Å². The van der Waals surface area contributed by atoms with Crippen molar-refractivity contribution >= 4 is 0 Å². The third-order valence-electron chi connectivity index (χ3n) is 6.39. The molecule has 0 saturated carbocycles. The highest BCUT2D eigenvalue weighted by atomic mass is 14.1. The zero-order valence-corrected chi connectivity index (χ0v) is 20.4. The number of hydrogen-bond acceptors (Lipinski definition) is 0. The van der Waals surface area contributed by atoms with E-state index in [9.17, 15) is 0 Å². The summed E-state index contributed by atoms with van der Waals surface area (Å²) in [5.41, 5.74) is 0. The molecule has 0 aliphatic heterocycles. The fourth-order valence-electron chi connectivity index (χ4n) is 4.28. The van der Waals surface area contributed by atoms with Gasteiger partial charge in [0.05, 0.1) is 0 Å². The summed E-state index contributed by atoms with van der Waals surface area (Å²) in [7, 11) is 0. The summed E-state index contributed by atoms with van der Waals surface area (Å²) in [4.78, 5) is 0. The van der Waals surface area contributed by atoms with E-state index in [1.54, 1.807) is 0 Å². The predicted molar refractivity (Wildman–Crippen MR) is 131 cm³/mol. The second-order valence-electron chi connectivity index (χ2n) is 9.51. The molecular formula is C28H57. The smallest absolute Gasteiger partial charge is 0.0358 e. The topological polar surface area (TPSA) is 0 Å². The average Bonchev–Trinajstić information content (AvgIpc) is 2.70. The molecule has 0 nitrogen and oxygen atoms in total. The van der Waals surface area contributed by atoms with Gasteiger partial charge in [0.2, 0.25) is 0 Å². The normalized spacial score (nSPS) is 12.5. The number of rotatable bonds is 24. The SMILES string of the molecule is CCCCCCCCCCCCCCC[CH]C(C)CCCCCCCCCC. The molecule has 0 aromatic carbocycles. The fourth-order valence-corrected chi connectivity index (χ4v) is 4.28. The Morgan fingerprint density at radius 2 is 0.750 bits per heavy atom. The van der Waals surface area contributed by atoms with Crippen molar-refractivity contribution in [1.82, 2.24) is 0 Å². The molecule has 28 heavy (non-hydrogen) atoms. The van der Waals surface area contributed by atoms with Crippen LogP contribution in [-0.4, -0.2) is 0 Å². The van der Waals surface area contributed by atoms with Crippen LogP contribution in [0.2, 0.25) is 0 Å². The van der Waals surface area contributed by atoms with E-state index >= 15 is 0 Å². The van der Waals surface area contributed by atoms with Gasteiger partial charge in [-0.3, -0.25) is 0 Å². The molecule has 0 heteroatoms. The minimum absolute atomic E-state index is 0.845. The van der Waals surface area contributed by atoms with E-state index in [1.165, 1.54) is 148 Å². The van der Waals surface area contributed by atoms with Gasteiger partial charge in [-0.2, -0.15) is 0 Å². The van der Waals surface area contributed by atoms with Crippen LogP contribution in [0.1, 0.15) is 168 Å². The van der Waals surface area contributed by atoms with E-state index in [1.807, 2.05) is 0 Å². The van der Waals surface area contributed by atoms with Crippen molar-refractivity contribution < 1.29 is 0 Å².